The molecule has 1 atom stereocenters. The summed E-state index contributed by atoms with van der Waals surface area (Å²) in [4.78, 5) is 0. The Kier molecular flexibility index (Phi) is 3.72. The zero-order valence-corrected chi connectivity index (χ0v) is 10.9. The number of nitrogens with two attached hydrogens (primary N) is 1. The summed E-state index contributed by atoms with van der Waals surface area (Å²) in [5.41, 5.74) is 7.93. The molecule has 2 heteroatoms. The smallest absolute Gasteiger partial charge is 0.119 e. The minimum atomic E-state index is 0.123. The highest BCUT2D eigenvalue weighted by atomic mass is 16.5. The van der Waals surface area contributed by atoms with E-state index >= 15 is 0 Å². The van der Waals surface area contributed by atoms with Crippen molar-refractivity contribution in [2.24, 2.45) is 11.1 Å². The van der Waals surface area contributed by atoms with Gasteiger partial charge in [0.15, 0.2) is 0 Å². The van der Waals surface area contributed by atoms with Crippen LogP contribution >= 0.6 is 0 Å². The first-order valence-corrected chi connectivity index (χ1v) is 6.55. The zero-order chi connectivity index (χ0) is 12.3. The summed E-state index contributed by atoms with van der Waals surface area (Å²) in [5.74, 6) is 0.900. The number of ether oxygens (including phenoxy) is 1. The Balaban J connectivity index is 2.19. The van der Waals surface area contributed by atoms with Gasteiger partial charge in [-0.25, -0.2) is 0 Å². The van der Waals surface area contributed by atoms with Gasteiger partial charge < -0.3 is 10.5 Å². The third-order valence-electron chi connectivity index (χ3n) is 4.20. The molecule has 17 heavy (non-hydrogen) atoms. The van der Waals surface area contributed by atoms with Crippen LogP contribution in [0, 0.1) is 5.41 Å². The van der Waals surface area contributed by atoms with Crippen molar-refractivity contribution in [2.45, 2.75) is 45.1 Å². The highest BCUT2D eigenvalue weighted by Crippen LogP contribution is 2.44. The van der Waals surface area contributed by atoms with Crippen molar-refractivity contribution in [1.82, 2.24) is 0 Å². The van der Waals surface area contributed by atoms with E-state index in [1.165, 1.54) is 37.7 Å². The number of hydrogen-bond donors (Lipinski definition) is 1. The van der Waals surface area contributed by atoms with Gasteiger partial charge in [-0.15, -0.1) is 0 Å². The molecule has 2 N–H and O–H groups in total. The molecule has 0 spiro atoms. The molecule has 1 fully saturated rings. The SMILES string of the molecule is COc1cccc(C(N)C2(C)CCCCC2)c1. The van der Waals surface area contributed by atoms with Crippen molar-refractivity contribution < 1.29 is 4.74 Å². The molecule has 94 valence electrons. The number of rotatable bonds is 3. The van der Waals surface area contributed by atoms with Crippen molar-refractivity contribution in [2.75, 3.05) is 7.11 Å². The molecule has 0 amide bonds. The summed E-state index contributed by atoms with van der Waals surface area (Å²) in [6.45, 7) is 2.33. The molecular weight excluding hydrogens is 210 g/mol. The monoisotopic (exact) mass is 233 g/mol. The van der Waals surface area contributed by atoms with Gasteiger partial charge >= 0.3 is 0 Å². The van der Waals surface area contributed by atoms with E-state index in [-0.39, 0.29) is 11.5 Å². The lowest BCUT2D eigenvalue weighted by atomic mass is 9.69. The van der Waals surface area contributed by atoms with Crippen molar-refractivity contribution >= 4 is 0 Å². The highest BCUT2D eigenvalue weighted by Gasteiger charge is 2.34. The van der Waals surface area contributed by atoms with Crippen LogP contribution in [0.5, 0.6) is 5.75 Å². The lowest BCUT2D eigenvalue weighted by Crippen LogP contribution is -2.33. The summed E-state index contributed by atoms with van der Waals surface area (Å²) in [7, 11) is 1.70. The van der Waals surface area contributed by atoms with Crippen LogP contribution in [0.1, 0.15) is 50.6 Å². The fourth-order valence-electron chi connectivity index (χ4n) is 2.91. The van der Waals surface area contributed by atoms with Gasteiger partial charge in [-0.05, 0) is 36.0 Å². The van der Waals surface area contributed by atoms with Crippen LogP contribution in [0.3, 0.4) is 0 Å². The first kappa shape index (κ1) is 12.4. The molecule has 0 bridgehead atoms. The van der Waals surface area contributed by atoms with Crippen LogP contribution in [0.25, 0.3) is 0 Å². The van der Waals surface area contributed by atoms with E-state index in [4.69, 9.17) is 10.5 Å². The molecule has 1 aliphatic rings. The average molecular weight is 233 g/mol. The molecule has 0 aromatic heterocycles. The van der Waals surface area contributed by atoms with E-state index in [0.717, 1.165) is 5.75 Å². The first-order valence-electron chi connectivity index (χ1n) is 6.55. The first-order chi connectivity index (χ1) is 8.15. The standard InChI is InChI=1S/C15H23NO/c1-15(9-4-3-5-10-15)14(16)12-7-6-8-13(11-12)17-2/h6-8,11,14H,3-5,9-10,16H2,1-2H3. The molecule has 1 aromatic rings. The maximum atomic E-state index is 6.47. The normalized spacial score (nSPS) is 20.9. The zero-order valence-electron chi connectivity index (χ0n) is 10.9. The Morgan fingerprint density at radius 1 is 1.24 bits per heavy atom. The van der Waals surface area contributed by atoms with Gasteiger partial charge in [-0.3, -0.25) is 0 Å². The molecular formula is C15H23NO. The van der Waals surface area contributed by atoms with Crippen LogP contribution in [0.2, 0.25) is 0 Å². The Hall–Kier alpha value is -1.02. The van der Waals surface area contributed by atoms with E-state index in [9.17, 15) is 0 Å². The van der Waals surface area contributed by atoms with Crippen LogP contribution in [-0.4, -0.2) is 7.11 Å². The maximum Gasteiger partial charge on any atom is 0.119 e. The lowest BCUT2D eigenvalue weighted by Gasteiger charge is -2.39. The molecule has 1 unspecified atom stereocenters. The number of hydrogen-bond acceptors (Lipinski definition) is 2. The Morgan fingerprint density at radius 2 is 1.94 bits per heavy atom. The molecule has 1 aliphatic carbocycles. The van der Waals surface area contributed by atoms with Gasteiger partial charge in [-0.2, -0.15) is 0 Å². The van der Waals surface area contributed by atoms with Crippen molar-refractivity contribution in [3.8, 4) is 5.75 Å². The second kappa shape index (κ2) is 5.09. The van der Waals surface area contributed by atoms with Gasteiger partial charge in [0.2, 0.25) is 0 Å². The van der Waals surface area contributed by atoms with Gasteiger partial charge in [0.1, 0.15) is 5.75 Å². The quantitative estimate of drug-likeness (QED) is 0.864. The van der Waals surface area contributed by atoms with Crippen LogP contribution < -0.4 is 10.5 Å². The van der Waals surface area contributed by atoms with Crippen molar-refractivity contribution in [3.05, 3.63) is 29.8 Å². The van der Waals surface area contributed by atoms with Gasteiger partial charge in [0.05, 0.1) is 7.11 Å². The number of methoxy groups -OCH3 is 1. The Labute approximate surface area is 104 Å². The van der Waals surface area contributed by atoms with Crippen LogP contribution in [-0.2, 0) is 0 Å². The third kappa shape index (κ3) is 2.63. The largest absolute Gasteiger partial charge is 0.497 e. The molecule has 2 nitrogen and oxygen atoms in total. The van der Waals surface area contributed by atoms with Crippen molar-refractivity contribution in [3.63, 3.8) is 0 Å². The summed E-state index contributed by atoms with van der Waals surface area (Å²) >= 11 is 0. The van der Waals surface area contributed by atoms with Crippen LogP contribution in [0.15, 0.2) is 24.3 Å². The third-order valence-corrected chi connectivity index (χ3v) is 4.20. The van der Waals surface area contributed by atoms with Gasteiger partial charge in [0.25, 0.3) is 0 Å². The maximum absolute atomic E-state index is 6.47. The number of benzene rings is 1. The average Bonchev–Trinajstić information content (AvgIpc) is 2.39. The van der Waals surface area contributed by atoms with Gasteiger partial charge in [0, 0.05) is 6.04 Å². The Morgan fingerprint density at radius 3 is 2.59 bits per heavy atom. The molecule has 2 rings (SSSR count). The molecule has 0 saturated heterocycles. The molecule has 0 radical (unpaired) electrons. The van der Waals surface area contributed by atoms with Crippen LogP contribution in [0.4, 0.5) is 0 Å². The predicted octanol–water partition coefficient (Wildman–Crippen LogP) is 3.67. The molecule has 0 aliphatic heterocycles. The van der Waals surface area contributed by atoms with E-state index < -0.39 is 0 Å². The fraction of sp³-hybridized carbons (Fsp3) is 0.600. The summed E-state index contributed by atoms with van der Waals surface area (Å²) in [6.07, 6.45) is 6.47. The van der Waals surface area contributed by atoms with E-state index in [1.54, 1.807) is 7.11 Å². The Bertz CT molecular complexity index is 369. The van der Waals surface area contributed by atoms with E-state index in [1.807, 2.05) is 12.1 Å². The second-order valence-electron chi connectivity index (χ2n) is 5.47. The summed E-state index contributed by atoms with van der Waals surface area (Å²) in [6, 6.07) is 8.31. The second-order valence-corrected chi connectivity index (χ2v) is 5.47. The highest BCUT2D eigenvalue weighted by molar-refractivity contribution is 5.31. The minimum absolute atomic E-state index is 0.123. The summed E-state index contributed by atoms with van der Waals surface area (Å²) in [5, 5.41) is 0. The minimum Gasteiger partial charge on any atom is -0.497 e. The molecule has 0 heterocycles. The topological polar surface area (TPSA) is 35.2 Å². The summed E-state index contributed by atoms with van der Waals surface area (Å²) < 4.78 is 5.27. The molecule has 1 aromatic carbocycles. The fourth-order valence-corrected chi connectivity index (χ4v) is 2.91. The van der Waals surface area contributed by atoms with Gasteiger partial charge in [-0.1, -0.05) is 38.3 Å². The lowest BCUT2D eigenvalue weighted by molar-refractivity contribution is 0.170. The van der Waals surface area contributed by atoms with E-state index in [0.29, 0.717) is 0 Å². The predicted molar refractivity (Wildman–Crippen MR) is 71.1 cm³/mol. The molecule has 1 saturated carbocycles. The van der Waals surface area contributed by atoms with E-state index in [2.05, 4.69) is 19.1 Å². The van der Waals surface area contributed by atoms with Crippen molar-refractivity contribution in [1.29, 1.82) is 0 Å².